The van der Waals surface area contributed by atoms with Gasteiger partial charge in [0.25, 0.3) is 11.8 Å². The number of carbonyl (C=O) groups excluding carboxylic acids is 2. The van der Waals surface area contributed by atoms with Crippen LogP contribution in [0.15, 0.2) is 77.8 Å². The molecule has 0 bridgehead atoms. The summed E-state index contributed by atoms with van der Waals surface area (Å²) < 4.78 is 8.14. The van der Waals surface area contributed by atoms with Gasteiger partial charge in [-0.25, -0.2) is 4.98 Å². The molecule has 166 valence electrons. The molecule has 4 rings (SSSR count). The van der Waals surface area contributed by atoms with E-state index in [2.05, 4.69) is 31.2 Å². The number of halogens is 1. The van der Waals surface area contributed by atoms with E-state index in [1.807, 2.05) is 37.3 Å². The smallest absolute Gasteiger partial charge is 0.275 e. The Morgan fingerprint density at radius 2 is 1.82 bits per heavy atom. The molecule has 0 saturated carbocycles. The average Bonchev–Trinajstić information content (AvgIpc) is 3.26. The number of anilines is 1. The molecule has 3 N–H and O–H groups in total. The maximum Gasteiger partial charge on any atom is 0.275 e. The fourth-order valence-electron chi connectivity index (χ4n) is 3.24. The summed E-state index contributed by atoms with van der Waals surface area (Å²) in [7, 11) is 0. The molecule has 0 unspecified atom stereocenters. The summed E-state index contributed by atoms with van der Waals surface area (Å²) in [5.74, 6) is -0.644. The topological polar surface area (TPSA) is 112 Å². The Labute approximate surface area is 198 Å². The highest BCUT2D eigenvalue weighted by Gasteiger charge is 2.24. The first-order valence-corrected chi connectivity index (χ1v) is 10.8. The van der Waals surface area contributed by atoms with Gasteiger partial charge in [0.05, 0.1) is 5.69 Å². The number of benzene rings is 2. The standard InChI is InChI=1S/C24H20BrN5O3/c1-15-2-3-17(25)12-20(15)30-14-28-21(23(26)31)22(30)24(32)29-18-4-6-19(7-5-18)33-13-16-8-10-27-11-9-16/h2-12,14H,13H2,1H3,(H2,26,31)(H,29,32). The quantitative estimate of drug-likeness (QED) is 0.389. The molecule has 2 amide bonds. The molecular formula is C24H20BrN5O3. The second kappa shape index (κ2) is 9.66. The van der Waals surface area contributed by atoms with Crippen molar-refractivity contribution < 1.29 is 14.3 Å². The average molecular weight is 506 g/mol. The number of hydrogen-bond donors (Lipinski definition) is 2. The number of nitrogens with zero attached hydrogens (tertiary/aromatic N) is 3. The molecule has 2 heterocycles. The Bertz CT molecular complexity index is 1300. The second-order valence-electron chi connectivity index (χ2n) is 7.23. The molecular weight excluding hydrogens is 486 g/mol. The SMILES string of the molecule is Cc1ccc(Br)cc1-n1cnc(C(N)=O)c1C(=O)Nc1ccc(OCc2ccncc2)cc1. The van der Waals surface area contributed by atoms with E-state index in [4.69, 9.17) is 10.5 Å². The van der Waals surface area contributed by atoms with Crippen molar-refractivity contribution in [3.8, 4) is 11.4 Å². The van der Waals surface area contributed by atoms with Crippen molar-refractivity contribution in [3.63, 3.8) is 0 Å². The van der Waals surface area contributed by atoms with Crippen molar-refractivity contribution in [2.75, 3.05) is 5.32 Å². The lowest BCUT2D eigenvalue weighted by Gasteiger charge is -2.13. The zero-order chi connectivity index (χ0) is 23.4. The van der Waals surface area contributed by atoms with Gasteiger partial charge >= 0.3 is 0 Å². The minimum atomic E-state index is -0.786. The number of amides is 2. The molecule has 33 heavy (non-hydrogen) atoms. The van der Waals surface area contributed by atoms with E-state index in [0.717, 1.165) is 15.6 Å². The number of ether oxygens (including phenoxy) is 1. The zero-order valence-electron chi connectivity index (χ0n) is 17.7. The normalized spacial score (nSPS) is 10.6. The molecule has 2 aromatic heterocycles. The van der Waals surface area contributed by atoms with Crippen molar-refractivity contribution in [1.29, 1.82) is 0 Å². The van der Waals surface area contributed by atoms with Crippen LogP contribution in [-0.2, 0) is 6.61 Å². The summed E-state index contributed by atoms with van der Waals surface area (Å²) in [6.07, 6.45) is 4.83. The van der Waals surface area contributed by atoms with Gasteiger partial charge in [0.15, 0.2) is 5.69 Å². The Hall–Kier alpha value is -3.98. The van der Waals surface area contributed by atoms with E-state index in [1.54, 1.807) is 41.2 Å². The zero-order valence-corrected chi connectivity index (χ0v) is 19.2. The number of rotatable bonds is 7. The minimum Gasteiger partial charge on any atom is -0.489 e. The van der Waals surface area contributed by atoms with Crippen LogP contribution in [0, 0.1) is 6.92 Å². The van der Waals surface area contributed by atoms with Gasteiger partial charge in [0.2, 0.25) is 0 Å². The fourth-order valence-corrected chi connectivity index (χ4v) is 3.59. The van der Waals surface area contributed by atoms with Gasteiger partial charge < -0.3 is 15.8 Å². The van der Waals surface area contributed by atoms with Crippen molar-refractivity contribution in [1.82, 2.24) is 14.5 Å². The van der Waals surface area contributed by atoms with Crippen molar-refractivity contribution in [2.24, 2.45) is 5.73 Å². The van der Waals surface area contributed by atoms with E-state index >= 15 is 0 Å². The molecule has 0 radical (unpaired) electrons. The van der Waals surface area contributed by atoms with E-state index in [1.165, 1.54) is 6.33 Å². The molecule has 0 saturated heterocycles. The third-order valence-corrected chi connectivity index (χ3v) is 5.41. The largest absolute Gasteiger partial charge is 0.489 e. The summed E-state index contributed by atoms with van der Waals surface area (Å²) >= 11 is 3.44. The Morgan fingerprint density at radius 1 is 1.09 bits per heavy atom. The summed E-state index contributed by atoms with van der Waals surface area (Å²) in [4.78, 5) is 33.2. The van der Waals surface area contributed by atoms with Crippen molar-refractivity contribution in [2.45, 2.75) is 13.5 Å². The monoisotopic (exact) mass is 505 g/mol. The summed E-state index contributed by atoms with van der Waals surface area (Å²) in [6.45, 7) is 2.31. The number of hydrogen-bond acceptors (Lipinski definition) is 5. The lowest BCUT2D eigenvalue weighted by molar-refractivity contribution is 0.0971. The van der Waals surface area contributed by atoms with Crippen LogP contribution >= 0.6 is 15.9 Å². The molecule has 0 fully saturated rings. The molecule has 0 aliphatic carbocycles. The van der Waals surface area contributed by atoms with E-state index < -0.39 is 11.8 Å². The lowest BCUT2D eigenvalue weighted by Crippen LogP contribution is -2.23. The molecule has 8 nitrogen and oxygen atoms in total. The number of aryl methyl sites for hydroxylation is 1. The fraction of sp³-hybridized carbons (Fsp3) is 0.0833. The van der Waals surface area contributed by atoms with Gasteiger partial charge in [0, 0.05) is 22.6 Å². The number of aromatic nitrogens is 3. The summed E-state index contributed by atoms with van der Waals surface area (Å²) in [5.41, 5.74) is 8.56. The van der Waals surface area contributed by atoms with E-state index in [0.29, 0.717) is 23.7 Å². The van der Waals surface area contributed by atoms with Gasteiger partial charge in [-0.2, -0.15) is 0 Å². The second-order valence-corrected chi connectivity index (χ2v) is 8.15. The first-order chi connectivity index (χ1) is 15.9. The number of carbonyl (C=O) groups is 2. The summed E-state index contributed by atoms with van der Waals surface area (Å²) in [6, 6.07) is 16.3. The molecule has 0 spiro atoms. The van der Waals surface area contributed by atoms with Crippen LogP contribution in [0.2, 0.25) is 0 Å². The number of primary amides is 1. The molecule has 0 aliphatic heterocycles. The van der Waals surface area contributed by atoms with Crippen molar-refractivity contribution >= 4 is 33.4 Å². The van der Waals surface area contributed by atoms with E-state index in [-0.39, 0.29) is 11.4 Å². The minimum absolute atomic E-state index is 0.0571. The number of imidazole rings is 1. The van der Waals surface area contributed by atoms with Gasteiger partial charge in [-0.15, -0.1) is 0 Å². The van der Waals surface area contributed by atoms with Crippen LogP contribution in [-0.4, -0.2) is 26.3 Å². The van der Waals surface area contributed by atoms with Crippen LogP contribution < -0.4 is 15.8 Å². The van der Waals surface area contributed by atoms with Crippen LogP contribution in [0.3, 0.4) is 0 Å². The van der Waals surface area contributed by atoms with Crippen LogP contribution in [0.25, 0.3) is 5.69 Å². The van der Waals surface area contributed by atoms with Gasteiger partial charge in [-0.1, -0.05) is 22.0 Å². The number of pyridine rings is 1. The van der Waals surface area contributed by atoms with Crippen LogP contribution in [0.5, 0.6) is 5.75 Å². The Kier molecular flexibility index (Phi) is 6.50. The molecule has 2 aromatic carbocycles. The van der Waals surface area contributed by atoms with Gasteiger partial charge in [-0.05, 0) is 66.6 Å². The molecule has 4 aromatic rings. The number of nitrogens with one attached hydrogen (secondary N) is 1. The van der Waals surface area contributed by atoms with Crippen molar-refractivity contribution in [3.05, 3.63) is 100 Å². The highest BCUT2D eigenvalue weighted by Crippen LogP contribution is 2.24. The molecule has 9 heteroatoms. The third kappa shape index (κ3) is 5.09. The highest BCUT2D eigenvalue weighted by molar-refractivity contribution is 9.10. The lowest BCUT2D eigenvalue weighted by atomic mass is 10.2. The summed E-state index contributed by atoms with van der Waals surface area (Å²) in [5, 5.41) is 2.80. The van der Waals surface area contributed by atoms with Gasteiger partial charge in [-0.3, -0.25) is 19.1 Å². The third-order valence-electron chi connectivity index (χ3n) is 4.91. The van der Waals surface area contributed by atoms with Crippen LogP contribution in [0.4, 0.5) is 5.69 Å². The Morgan fingerprint density at radius 3 is 2.52 bits per heavy atom. The number of nitrogens with two attached hydrogens (primary N) is 1. The maximum absolute atomic E-state index is 13.2. The predicted octanol–water partition coefficient (Wildman–Crippen LogP) is 4.27. The van der Waals surface area contributed by atoms with Crippen LogP contribution in [0.1, 0.15) is 32.1 Å². The maximum atomic E-state index is 13.2. The first-order valence-electron chi connectivity index (χ1n) is 9.99. The first kappa shape index (κ1) is 22.2. The van der Waals surface area contributed by atoms with E-state index in [9.17, 15) is 9.59 Å². The molecule has 0 aliphatic rings. The highest BCUT2D eigenvalue weighted by atomic mass is 79.9. The predicted molar refractivity (Wildman–Crippen MR) is 127 cm³/mol. The molecule has 0 atom stereocenters. The Balaban J connectivity index is 1.55. The van der Waals surface area contributed by atoms with Gasteiger partial charge in [0.1, 0.15) is 24.4 Å².